The Morgan fingerprint density at radius 2 is 1.77 bits per heavy atom. The monoisotopic (exact) mass is 351 g/mol. The van der Waals surface area contributed by atoms with Crippen molar-refractivity contribution in [2.24, 2.45) is 0 Å². The fourth-order valence-corrected chi connectivity index (χ4v) is 3.06. The van der Waals surface area contributed by atoms with Crippen LogP contribution < -0.4 is 16.0 Å². The second-order valence-corrected chi connectivity index (χ2v) is 6.43. The number of allylic oxidation sites excluding steroid dienone is 1. The number of urea groups is 1. The highest BCUT2D eigenvalue weighted by Crippen LogP contribution is 2.29. The first-order chi connectivity index (χ1) is 12.3. The van der Waals surface area contributed by atoms with Crippen molar-refractivity contribution in [1.29, 1.82) is 0 Å². The van der Waals surface area contributed by atoms with E-state index in [0.29, 0.717) is 16.8 Å². The van der Waals surface area contributed by atoms with E-state index in [1.165, 1.54) is 12.1 Å². The smallest absolute Gasteiger partial charge is 0.319 e. The zero-order chi connectivity index (χ0) is 18.8. The summed E-state index contributed by atoms with van der Waals surface area (Å²) < 4.78 is 0. The number of rotatable bonds is 3. The fourth-order valence-electron chi connectivity index (χ4n) is 3.06. The van der Waals surface area contributed by atoms with Gasteiger partial charge in [-0.05, 0) is 50.1 Å². The number of carbonyl (C=O) groups is 2. The van der Waals surface area contributed by atoms with E-state index < -0.39 is 6.04 Å². The summed E-state index contributed by atoms with van der Waals surface area (Å²) in [7, 11) is 0. The first-order valence-electron chi connectivity index (χ1n) is 8.31. The molecule has 3 rings (SSSR count). The second kappa shape index (κ2) is 6.92. The number of aryl methyl sites for hydroxylation is 2. The Morgan fingerprint density at radius 3 is 2.42 bits per heavy atom. The molecular formula is C20H21N3O3. The Bertz CT molecular complexity index is 901. The van der Waals surface area contributed by atoms with E-state index in [1.54, 1.807) is 19.1 Å². The molecule has 0 bridgehead atoms. The third-order valence-corrected chi connectivity index (χ3v) is 4.37. The van der Waals surface area contributed by atoms with Gasteiger partial charge in [-0.2, -0.15) is 0 Å². The highest BCUT2D eigenvalue weighted by Gasteiger charge is 2.31. The molecule has 6 heteroatoms. The van der Waals surface area contributed by atoms with Crippen molar-refractivity contribution in [3.63, 3.8) is 0 Å². The molecule has 0 aromatic heterocycles. The lowest BCUT2D eigenvalue weighted by Crippen LogP contribution is -2.46. The van der Waals surface area contributed by atoms with Crippen LogP contribution in [0.3, 0.4) is 0 Å². The summed E-state index contributed by atoms with van der Waals surface area (Å²) >= 11 is 0. The largest absolute Gasteiger partial charge is 0.508 e. The minimum absolute atomic E-state index is 0.121. The van der Waals surface area contributed by atoms with Crippen molar-refractivity contribution in [2.45, 2.75) is 26.8 Å². The van der Waals surface area contributed by atoms with Crippen LogP contribution in [0.1, 0.15) is 29.7 Å². The standard InChI is InChI=1S/C20H21N3O3/c1-11-4-9-16(12(2)10-11)22-19(25)17-13(3)21-20(26)23-18(17)14-5-7-15(24)8-6-14/h4-10,18,24H,1-3H3,(H,22,25)(H2,21,23,26)/t18-/m1/s1. The predicted molar refractivity (Wildman–Crippen MR) is 99.8 cm³/mol. The minimum atomic E-state index is -0.602. The molecule has 0 saturated heterocycles. The molecule has 2 aromatic rings. The summed E-state index contributed by atoms with van der Waals surface area (Å²) in [6.45, 7) is 5.62. The summed E-state index contributed by atoms with van der Waals surface area (Å²) in [5.74, 6) is -0.170. The van der Waals surface area contributed by atoms with Gasteiger partial charge in [0.15, 0.2) is 0 Å². The highest BCUT2D eigenvalue weighted by atomic mass is 16.3. The number of nitrogens with one attached hydrogen (secondary N) is 3. The summed E-state index contributed by atoms with van der Waals surface area (Å²) in [6.07, 6.45) is 0. The third-order valence-electron chi connectivity index (χ3n) is 4.37. The van der Waals surface area contributed by atoms with Gasteiger partial charge in [0, 0.05) is 11.4 Å². The lowest BCUT2D eigenvalue weighted by Gasteiger charge is -2.29. The summed E-state index contributed by atoms with van der Waals surface area (Å²) in [5, 5.41) is 17.8. The van der Waals surface area contributed by atoms with Crippen LogP contribution in [0.25, 0.3) is 0 Å². The van der Waals surface area contributed by atoms with Gasteiger partial charge >= 0.3 is 6.03 Å². The van der Waals surface area contributed by atoms with E-state index >= 15 is 0 Å². The Hall–Kier alpha value is -3.28. The van der Waals surface area contributed by atoms with E-state index in [-0.39, 0.29) is 17.7 Å². The molecule has 0 fully saturated rings. The fraction of sp³-hybridized carbons (Fsp3) is 0.200. The quantitative estimate of drug-likeness (QED) is 0.684. The van der Waals surface area contributed by atoms with Crippen LogP contribution in [-0.4, -0.2) is 17.0 Å². The number of carbonyl (C=O) groups excluding carboxylic acids is 2. The van der Waals surface area contributed by atoms with Gasteiger partial charge in [0.1, 0.15) is 5.75 Å². The van der Waals surface area contributed by atoms with E-state index in [1.807, 2.05) is 32.0 Å². The molecule has 0 saturated carbocycles. The van der Waals surface area contributed by atoms with Gasteiger partial charge in [-0.3, -0.25) is 4.79 Å². The van der Waals surface area contributed by atoms with Gasteiger partial charge in [0.25, 0.3) is 5.91 Å². The Morgan fingerprint density at radius 1 is 1.08 bits per heavy atom. The van der Waals surface area contributed by atoms with Crippen molar-refractivity contribution in [1.82, 2.24) is 10.6 Å². The van der Waals surface area contributed by atoms with Crippen molar-refractivity contribution in [2.75, 3.05) is 5.32 Å². The van der Waals surface area contributed by atoms with Crippen LogP contribution in [0.5, 0.6) is 5.75 Å². The average Bonchev–Trinajstić information content (AvgIpc) is 2.57. The minimum Gasteiger partial charge on any atom is -0.508 e. The lowest BCUT2D eigenvalue weighted by atomic mass is 9.94. The molecular weight excluding hydrogens is 330 g/mol. The van der Waals surface area contributed by atoms with Gasteiger partial charge < -0.3 is 21.1 Å². The van der Waals surface area contributed by atoms with Crippen LogP contribution >= 0.6 is 0 Å². The van der Waals surface area contributed by atoms with Crippen molar-refractivity contribution in [3.8, 4) is 5.75 Å². The number of benzene rings is 2. The number of amides is 3. The van der Waals surface area contributed by atoms with Crippen LogP contribution in [0.15, 0.2) is 53.7 Å². The van der Waals surface area contributed by atoms with Crippen molar-refractivity contribution in [3.05, 3.63) is 70.4 Å². The van der Waals surface area contributed by atoms with Crippen LogP contribution in [0, 0.1) is 13.8 Å². The molecule has 1 heterocycles. The molecule has 0 aliphatic carbocycles. The van der Waals surface area contributed by atoms with E-state index in [0.717, 1.165) is 16.8 Å². The molecule has 2 aromatic carbocycles. The maximum atomic E-state index is 13.0. The van der Waals surface area contributed by atoms with Gasteiger partial charge in [-0.1, -0.05) is 29.8 Å². The van der Waals surface area contributed by atoms with Crippen LogP contribution in [0.2, 0.25) is 0 Å². The number of hydrogen-bond donors (Lipinski definition) is 4. The Kier molecular flexibility index (Phi) is 4.67. The molecule has 4 N–H and O–H groups in total. The Labute approximate surface area is 151 Å². The molecule has 134 valence electrons. The topological polar surface area (TPSA) is 90.5 Å². The first-order valence-corrected chi connectivity index (χ1v) is 8.31. The number of phenols is 1. The number of phenolic OH excluding ortho intramolecular Hbond substituents is 1. The molecule has 1 atom stereocenters. The van der Waals surface area contributed by atoms with Gasteiger partial charge in [-0.15, -0.1) is 0 Å². The molecule has 0 radical (unpaired) electrons. The number of anilines is 1. The SMILES string of the molecule is CC1=C(C(=O)Nc2ccc(C)cc2C)[C@@H](c2ccc(O)cc2)NC(=O)N1. The van der Waals surface area contributed by atoms with Crippen molar-refractivity contribution >= 4 is 17.6 Å². The molecule has 26 heavy (non-hydrogen) atoms. The van der Waals surface area contributed by atoms with Crippen molar-refractivity contribution < 1.29 is 14.7 Å². The van der Waals surface area contributed by atoms with E-state index in [2.05, 4.69) is 16.0 Å². The zero-order valence-corrected chi connectivity index (χ0v) is 14.9. The molecule has 6 nitrogen and oxygen atoms in total. The summed E-state index contributed by atoms with van der Waals surface area (Å²) in [4.78, 5) is 24.9. The number of aromatic hydroxyl groups is 1. The predicted octanol–water partition coefficient (Wildman–Crippen LogP) is 3.28. The van der Waals surface area contributed by atoms with Gasteiger partial charge in [-0.25, -0.2) is 4.79 Å². The maximum Gasteiger partial charge on any atom is 0.319 e. The second-order valence-electron chi connectivity index (χ2n) is 6.43. The zero-order valence-electron chi connectivity index (χ0n) is 14.9. The summed E-state index contributed by atoms with van der Waals surface area (Å²) in [5.41, 5.74) is 4.43. The lowest BCUT2D eigenvalue weighted by molar-refractivity contribution is -0.113. The molecule has 0 unspecified atom stereocenters. The average molecular weight is 351 g/mol. The first kappa shape index (κ1) is 17.5. The Balaban J connectivity index is 1.95. The molecule has 3 amide bonds. The highest BCUT2D eigenvalue weighted by molar-refractivity contribution is 6.07. The van der Waals surface area contributed by atoms with E-state index in [9.17, 15) is 14.7 Å². The van der Waals surface area contributed by atoms with E-state index in [4.69, 9.17) is 0 Å². The number of hydrogen-bond acceptors (Lipinski definition) is 3. The van der Waals surface area contributed by atoms with Crippen LogP contribution in [0.4, 0.5) is 10.5 Å². The molecule has 0 spiro atoms. The summed E-state index contributed by atoms with van der Waals surface area (Å²) in [6, 6.07) is 11.2. The van der Waals surface area contributed by atoms with Gasteiger partial charge in [0.2, 0.25) is 0 Å². The molecule has 1 aliphatic heterocycles. The molecule has 1 aliphatic rings. The normalized spacial score (nSPS) is 16.7. The van der Waals surface area contributed by atoms with Crippen LogP contribution in [-0.2, 0) is 4.79 Å². The maximum absolute atomic E-state index is 13.0. The third kappa shape index (κ3) is 3.54. The van der Waals surface area contributed by atoms with Gasteiger partial charge in [0.05, 0.1) is 11.6 Å².